The molecule has 0 spiro atoms. The number of methoxy groups -OCH3 is 3. The number of nitrogens with one attached hydrogen (secondary N) is 1. The lowest BCUT2D eigenvalue weighted by Gasteiger charge is -2.12. The molecule has 0 bridgehead atoms. The Morgan fingerprint density at radius 3 is 2.03 bits per heavy atom. The van der Waals surface area contributed by atoms with Crippen LogP contribution in [-0.4, -0.2) is 39.8 Å². The van der Waals surface area contributed by atoms with Crippen LogP contribution in [0.2, 0.25) is 0 Å². The number of rotatable bonds is 10. The average Bonchev–Trinajstić information content (AvgIpc) is 2.87. The summed E-state index contributed by atoms with van der Waals surface area (Å²) >= 11 is 0. The molecule has 8 nitrogen and oxygen atoms in total. The molecular formula is C26H25NO7. The molecule has 3 aromatic carbocycles. The Kier molecular flexibility index (Phi) is 8.51. The third-order valence-electron chi connectivity index (χ3n) is 4.56. The minimum Gasteiger partial charge on any atom is -0.493 e. The quantitative estimate of drug-likeness (QED) is 0.344. The standard InChI is InChI=1S/C26H25NO7/c1-30-22-15-18(16-23(31-2)26(22)32-3)9-14-25(29)33-17-24(28)27-19-10-12-21(13-11-19)34-20-7-5-4-6-8-20/h4-16H,17H2,1-3H3,(H,27,28)/b14-9+. The molecule has 1 amide bonds. The van der Waals surface area contributed by atoms with Crippen molar-refractivity contribution < 1.29 is 33.3 Å². The molecule has 34 heavy (non-hydrogen) atoms. The van der Waals surface area contributed by atoms with E-state index in [0.717, 1.165) is 0 Å². The van der Waals surface area contributed by atoms with Crippen LogP contribution in [0.1, 0.15) is 5.56 Å². The zero-order valence-electron chi connectivity index (χ0n) is 19.1. The van der Waals surface area contributed by atoms with Crippen LogP contribution in [0.5, 0.6) is 28.7 Å². The van der Waals surface area contributed by atoms with E-state index in [0.29, 0.717) is 40.0 Å². The number of benzene rings is 3. The highest BCUT2D eigenvalue weighted by Crippen LogP contribution is 2.38. The van der Waals surface area contributed by atoms with Gasteiger partial charge in [0.25, 0.3) is 5.91 Å². The van der Waals surface area contributed by atoms with Crippen molar-refractivity contribution in [3.8, 4) is 28.7 Å². The maximum atomic E-state index is 12.1. The van der Waals surface area contributed by atoms with Gasteiger partial charge < -0.3 is 29.0 Å². The normalized spacial score (nSPS) is 10.4. The van der Waals surface area contributed by atoms with Crippen LogP contribution in [0.15, 0.2) is 72.8 Å². The van der Waals surface area contributed by atoms with Crippen LogP contribution in [-0.2, 0) is 14.3 Å². The van der Waals surface area contributed by atoms with Crippen molar-refractivity contribution in [1.82, 2.24) is 0 Å². The van der Waals surface area contributed by atoms with E-state index in [4.69, 9.17) is 23.7 Å². The minimum absolute atomic E-state index is 0.430. The van der Waals surface area contributed by atoms with Gasteiger partial charge in [0.2, 0.25) is 5.75 Å². The maximum Gasteiger partial charge on any atom is 0.331 e. The summed E-state index contributed by atoms with van der Waals surface area (Å²) in [5, 5.41) is 2.66. The smallest absolute Gasteiger partial charge is 0.331 e. The number of carbonyl (C=O) groups excluding carboxylic acids is 2. The fourth-order valence-electron chi connectivity index (χ4n) is 2.97. The molecule has 3 aromatic rings. The predicted octanol–water partition coefficient (Wildman–Crippen LogP) is 4.70. The molecule has 0 aliphatic rings. The topological polar surface area (TPSA) is 92.3 Å². The molecule has 0 saturated heterocycles. The van der Waals surface area contributed by atoms with Gasteiger partial charge >= 0.3 is 5.97 Å². The second kappa shape index (κ2) is 12.0. The zero-order chi connectivity index (χ0) is 24.3. The fraction of sp³-hybridized carbons (Fsp3) is 0.154. The van der Waals surface area contributed by atoms with Crippen LogP contribution in [0.4, 0.5) is 5.69 Å². The van der Waals surface area contributed by atoms with Crippen LogP contribution < -0.4 is 24.3 Å². The zero-order valence-corrected chi connectivity index (χ0v) is 19.1. The van der Waals surface area contributed by atoms with E-state index < -0.39 is 18.5 Å². The van der Waals surface area contributed by atoms with Gasteiger partial charge in [0.15, 0.2) is 18.1 Å². The Balaban J connectivity index is 1.50. The lowest BCUT2D eigenvalue weighted by Crippen LogP contribution is -2.20. The Bertz CT molecular complexity index is 1120. The van der Waals surface area contributed by atoms with Crippen molar-refractivity contribution in [2.75, 3.05) is 33.3 Å². The summed E-state index contributed by atoms with van der Waals surface area (Å²) in [6.07, 6.45) is 2.74. The summed E-state index contributed by atoms with van der Waals surface area (Å²) < 4.78 is 26.6. The lowest BCUT2D eigenvalue weighted by molar-refractivity contribution is -0.142. The van der Waals surface area contributed by atoms with Gasteiger partial charge in [0, 0.05) is 11.8 Å². The first-order valence-electron chi connectivity index (χ1n) is 10.3. The SMILES string of the molecule is COc1cc(/C=C/C(=O)OCC(=O)Nc2ccc(Oc3ccccc3)cc2)cc(OC)c1OC. The summed E-state index contributed by atoms with van der Waals surface area (Å²) in [6, 6.07) is 19.6. The van der Waals surface area contributed by atoms with E-state index >= 15 is 0 Å². The highest BCUT2D eigenvalue weighted by Gasteiger charge is 2.12. The van der Waals surface area contributed by atoms with Crippen molar-refractivity contribution in [3.05, 3.63) is 78.4 Å². The Hall–Kier alpha value is -4.46. The molecule has 3 rings (SSSR count). The molecule has 0 aliphatic carbocycles. The molecule has 0 aliphatic heterocycles. The third-order valence-corrected chi connectivity index (χ3v) is 4.56. The Morgan fingerprint density at radius 2 is 1.44 bits per heavy atom. The van der Waals surface area contributed by atoms with Crippen LogP contribution >= 0.6 is 0 Å². The maximum absolute atomic E-state index is 12.1. The molecule has 8 heteroatoms. The molecule has 0 unspecified atom stereocenters. The number of esters is 1. The first-order chi connectivity index (χ1) is 16.5. The van der Waals surface area contributed by atoms with Gasteiger partial charge in [-0.25, -0.2) is 4.79 Å². The van der Waals surface area contributed by atoms with Crippen molar-refractivity contribution in [3.63, 3.8) is 0 Å². The van der Waals surface area contributed by atoms with Crippen molar-refractivity contribution >= 4 is 23.6 Å². The monoisotopic (exact) mass is 463 g/mol. The molecule has 0 heterocycles. The van der Waals surface area contributed by atoms with Crippen LogP contribution in [0, 0.1) is 0 Å². The minimum atomic E-state index is -0.671. The van der Waals surface area contributed by atoms with Gasteiger partial charge in [0.1, 0.15) is 11.5 Å². The Labute approximate surface area is 197 Å². The molecule has 0 radical (unpaired) electrons. The number of hydrogen-bond acceptors (Lipinski definition) is 7. The largest absolute Gasteiger partial charge is 0.493 e. The van der Waals surface area contributed by atoms with Crippen LogP contribution in [0.3, 0.4) is 0 Å². The van der Waals surface area contributed by atoms with Gasteiger partial charge in [-0.15, -0.1) is 0 Å². The number of amides is 1. The summed E-state index contributed by atoms with van der Waals surface area (Å²) in [5.74, 6) is 1.56. The predicted molar refractivity (Wildman–Crippen MR) is 128 cm³/mol. The van der Waals surface area contributed by atoms with Gasteiger partial charge in [-0.3, -0.25) is 4.79 Å². The van der Waals surface area contributed by atoms with Gasteiger partial charge in [-0.2, -0.15) is 0 Å². The first-order valence-corrected chi connectivity index (χ1v) is 10.3. The van der Waals surface area contributed by atoms with E-state index in [-0.39, 0.29) is 0 Å². The molecule has 176 valence electrons. The summed E-state index contributed by atoms with van der Waals surface area (Å²) in [7, 11) is 4.51. The summed E-state index contributed by atoms with van der Waals surface area (Å²) in [6.45, 7) is -0.430. The lowest BCUT2D eigenvalue weighted by atomic mass is 10.1. The van der Waals surface area contributed by atoms with E-state index in [2.05, 4.69) is 5.32 Å². The van der Waals surface area contributed by atoms with Gasteiger partial charge in [-0.1, -0.05) is 18.2 Å². The highest BCUT2D eigenvalue weighted by atomic mass is 16.5. The third kappa shape index (κ3) is 6.77. The molecule has 0 atom stereocenters. The molecule has 0 saturated carbocycles. The van der Waals surface area contributed by atoms with Crippen molar-refractivity contribution in [2.24, 2.45) is 0 Å². The molecule has 0 fully saturated rings. The fourth-order valence-corrected chi connectivity index (χ4v) is 2.97. The number of carbonyl (C=O) groups is 2. The number of anilines is 1. The Morgan fingerprint density at radius 1 is 0.824 bits per heavy atom. The van der Waals surface area contributed by atoms with Crippen LogP contribution in [0.25, 0.3) is 6.08 Å². The first kappa shape index (κ1) is 24.2. The summed E-state index contributed by atoms with van der Waals surface area (Å²) in [5.41, 5.74) is 1.18. The van der Waals surface area contributed by atoms with E-state index in [1.807, 2.05) is 30.3 Å². The second-order valence-corrected chi connectivity index (χ2v) is 6.89. The number of para-hydroxylation sites is 1. The van der Waals surface area contributed by atoms with Crippen molar-refractivity contribution in [1.29, 1.82) is 0 Å². The molecule has 0 aromatic heterocycles. The number of ether oxygens (including phenoxy) is 5. The van der Waals surface area contributed by atoms with E-state index in [9.17, 15) is 9.59 Å². The van der Waals surface area contributed by atoms with Crippen molar-refractivity contribution in [2.45, 2.75) is 0 Å². The highest BCUT2D eigenvalue weighted by molar-refractivity contribution is 5.94. The van der Waals surface area contributed by atoms with Gasteiger partial charge in [0.05, 0.1) is 21.3 Å². The average molecular weight is 463 g/mol. The van der Waals surface area contributed by atoms with E-state index in [1.165, 1.54) is 33.5 Å². The van der Waals surface area contributed by atoms with Gasteiger partial charge in [-0.05, 0) is 60.2 Å². The molecular weight excluding hydrogens is 438 g/mol. The second-order valence-electron chi connectivity index (χ2n) is 6.89. The van der Waals surface area contributed by atoms with E-state index in [1.54, 1.807) is 36.4 Å². The molecule has 1 N–H and O–H groups in total. The number of hydrogen-bond donors (Lipinski definition) is 1. The summed E-state index contributed by atoms with van der Waals surface area (Å²) in [4.78, 5) is 24.1.